The van der Waals surface area contributed by atoms with Crippen molar-refractivity contribution in [3.63, 3.8) is 0 Å². The minimum absolute atomic E-state index is 0.552. The molecule has 0 bridgehead atoms. The van der Waals surface area contributed by atoms with Crippen LogP contribution in [0.5, 0.6) is 0 Å². The van der Waals surface area contributed by atoms with Crippen molar-refractivity contribution >= 4 is 17.2 Å². The molecule has 0 saturated heterocycles. The predicted molar refractivity (Wildman–Crippen MR) is 61.2 cm³/mol. The summed E-state index contributed by atoms with van der Waals surface area (Å²) in [5.74, 6) is 0. The third-order valence-electron chi connectivity index (χ3n) is 2.33. The van der Waals surface area contributed by atoms with Gasteiger partial charge in [-0.05, 0) is 18.2 Å². The highest BCUT2D eigenvalue weighted by atomic mass is 35.5. The molecule has 0 N–H and O–H groups in total. The SMILES string of the molecule is Clc1cnn2c(-c3ccncc3)ccnc12. The van der Waals surface area contributed by atoms with Crippen LogP contribution in [0.2, 0.25) is 5.02 Å². The molecule has 0 atom stereocenters. The first-order valence-electron chi connectivity index (χ1n) is 4.75. The minimum Gasteiger partial charge on any atom is -0.265 e. The Bertz CT molecular complexity index is 633. The molecule has 0 aromatic carbocycles. The molecule has 0 aliphatic heterocycles. The van der Waals surface area contributed by atoms with E-state index in [2.05, 4.69) is 15.1 Å². The highest BCUT2D eigenvalue weighted by Crippen LogP contribution is 2.21. The molecule has 78 valence electrons. The zero-order chi connectivity index (χ0) is 11.0. The summed E-state index contributed by atoms with van der Waals surface area (Å²) in [6.07, 6.45) is 6.80. The number of rotatable bonds is 1. The molecule has 0 aliphatic carbocycles. The van der Waals surface area contributed by atoms with Gasteiger partial charge >= 0.3 is 0 Å². The maximum Gasteiger partial charge on any atom is 0.174 e. The summed E-state index contributed by atoms with van der Waals surface area (Å²) in [6.45, 7) is 0. The second kappa shape index (κ2) is 3.57. The van der Waals surface area contributed by atoms with Crippen LogP contribution in [0, 0.1) is 0 Å². The Kier molecular flexibility index (Phi) is 2.08. The first-order valence-corrected chi connectivity index (χ1v) is 5.13. The molecule has 4 nitrogen and oxygen atoms in total. The fourth-order valence-electron chi connectivity index (χ4n) is 1.60. The Hall–Kier alpha value is -1.94. The van der Waals surface area contributed by atoms with Crippen molar-refractivity contribution in [2.75, 3.05) is 0 Å². The van der Waals surface area contributed by atoms with Gasteiger partial charge in [-0.15, -0.1) is 0 Å². The Morgan fingerprint density at radius 3 is 2.69 bits per heavy atom. The Morgan fingerprint density at radius 1 is 1.06 bits per heavy atom. The molecule has 16 heavy (non-hydrogen) atoms. The highest BCUT2D eigenvalue weighted by molar-refractivity contribution is 6.33. The molecule has 5 heteroatoms. The van der Waals surface area contributed by atoms with Crippen LogP contribution in [0.15, 0.2) is 43.0 Å². The fourth-order valence-corrected chi connectivity index (χ4v) is 1.78. The minimum atomic E-state index is 0.552. The topological polar surface area (TPSA) is 43.1 Å². The molecule has 3 aromatic rings. The summed E-state index contributed by atoms with van der Waals surface area (Å²) in [5.41, 5.74) is 2.64. The number of halogens is 1. The van der Waals surface area contributed by atoms with E-state index in [1.807, 2.05) is 18.2 Å². The van der Waals surface area contributed by atoms with Crippen molar-refractivity contribution in [3.8, 4) is 11.3 Å². The van der Waals surface area contributed by atoms with Gasteiger partial charge in [0.1, 0.15) is 5.02 Å². The summed E-state index contributed by atoms with van der Waals surface area (Å²) in [7, 11) is 0. The van der Waals surface area contributed by atoms with Gasteiger partial charge in [-0.1, -0.05) is 11.6 Å². The molecular weight excluding hydrogens is 224 g/mol. The maximum absolute atomic E-state index is 5.97. The van der Waals surface area contributed by atoms with Crippen LogP contribution >= 0.6 is 11.6 Å². The van der Waals surface area contributed by atoms with Crippen LogP contribution < -0.4 is 0 Å². The lowest BCUT2D eigenvalue weighted by Gasteiger charge is -2.03. The van der Waals surface area contributed by atoms with Crippen LogP contribution in [0.3, 0.4) is 0 Å². The smallest absolute Gasteiger partial charge is 0.174 e. The van der Waals surface area contributed by atoms with Crippen LogP contribution in [-0.2, 0) is 0 Å². The van der Waals surface area contributed by atoms with Crippen molar-refractivity contribution in [1.82, 2.24) is 19.6 Å². The van der Waals surface area contributed by atoms with E-state index < -0.39 is 0 Å². The van der Waals surface area contributed by atoms with Gasteiger partial charge in [0.25, 0.3) is 0 Å². The average molecular weight is 231 g/mol. The van der Waals surface area contributed by atoms with Crippen LogP contribution in [-0.4, -0.2) is 19.6 Å². The third-order valence-corrected chi connectivity index (χ3v) is 2.60. The quantitative estimate of drug-likeness (QED) is 0.645. The zero-order valence-corrected chi connectivity index (χ0v) is 8.96. The number of fused-ring (bicyclic) bond motifs is 1. The number of aromatic nitrogens is 4. The maximum atomic E-state index is 5.97. The number of nitrogens with zero attached hydrogens (tertiary/aromatic N) is 4. The van der Waals surface area contributed by atoms with Gasteiger partial charge in [-0.2, -0.15) is 5.10 Å². The van der Waals surface area contributed by atoms with Gasteiger partial charge in [0.05, 0.1) is 11.9 Å². The third kappa shape index (κ3) is 1.35. The molecule has 3 heterocycles. The summed E-state index contributed by atoms with van der Waals surface area (Å²) in [5, 5.41) is 4.75. The Balaban J connectivity index is 2.32. The van der Waals surface area contributed by atoms with Crippen molar-refractivity contribution in [1.29, 1.82) is 0 Å². The van der Waals surface area contributed by atoms with E-state index in [1.165, 1.54) is 0 Å². The number of pyridine rings is 1. The number of hydrogen-bond acceptors (Lipinski definition) is 3. The van der Waals surface area contributed by atoms with E-state index in [-0.39, 0.29) is 0 Å². The van der Waals surface area contributed by atoms with E-state index in [0.29, 0.717) is 10.7 Å². The largest absolute Gasteiger partial charge is 0.265 e. The lowest BCUT2D eigenvalue weighted by molar-refractivity contribution is 0.947. The van der Waals surface area contributed by atoms with E-state index in [9.17, 15) is 0 Å². The predicted octanol–water partition coefficient (Wildman–Crippen LogP) is 2.44. The summed E-state index contributed by atoms with van der Waals surface area (Å²) in [4.78, 5) is 8.16. The molecule has 0 saturated carbocycles. The second-order valence-corrected chi connectivity index (χ2v) is 3.70. The lowest BCUT2D eigenvalue weighted by atomic mass is 10.2. The molecular formula is C11H7ClN4. The van der Waals surface area contributed by atoms with E-state index in [1.54, 1.807) is 29.3 Å². The van der Waals surface area contributed by atoms with Crippen molar-refractivity contribution < 1.29 is 0 Å². The highest BCUT2D eigenvalue weighted by Gasteiger charge is 2.07. The molecule has 3 rings (SSSR count). The summed E-state index contributed by atoms with van der Waals surface area (Å²) < 4.78 is 1.72. The first kappa shape index (κ1) is 9.30. The van der Waals surface area contributed by atoms with Gasteiger partial charge in [0.15, 0.2) is 5.65 Å². The van der Waals surface area contributed by atoms with Crippen molar-refractivity contribution in [3.05, 3.63) is 48.0 Å². The van der Waals surface area contributed by atoms with Gasteiger partial charge in [-0.25, -0.2) is 9.50 Å². The Labute approximate surface area is 96.5 Å². The molecule has 0 fully saturated rings. The normalized spacial score (nSPS) is 10.8. The molecule has 3 aromatic heterocycles. The van der Waals surface area contributed by atoms with Crippen LogP contribution in [0.4, 0.5) is 0 Å². The fraction of sp³-hybridized carbons (Fsp3) is 0. The molecule has 0 aliphatic rings. The van der Waals surface area contributed by atoms with E-state index in [4.69, 9.17) is 11.6 Å². The molecule has 0 amide bonds. The molecule has 0 radical (unpaired) electrons. The average Bonchev–Trinajstić information content (AvgIpc) is 2.73. The molecule has 0 spiro atoms. The van der Waals surface area contributed by atoms with Crippen LogP contribution in [0.25, 0.3) is 16.9 Å². The standard InChI is InChI=1S/C11H7ClN4/c12-9-7-15-16-10(3-6-14-11(9)16)8-1-4-13-5-2-8/h1-7H. The van der Waals surface area contributed by atoms with Gasteiger partial charge < -0.3 is 0 Å². The van der Waals surface area contributed by atoms with Crippen LogP contribution in [0.1, 0.15) is 0 Å². The second-order valence-electron chi connectivity index (χ2n) is 3.29. The van der Waals surface area contributed by atoms with Gasteiger partial charge in [0.2, 0.25) is 0 Å². The van der Waals surface area contributed by atoms with Gasteiger partial charge in [0, 0.05) is 24.2 Å². The Morgan fingerprint density at radius 2 is 1.88 bits per heavy atom. The molecule has 0 unspecified atom stereocenters. The van der Waals surface area contributed by atoms with Crippen molar-refractivity contribution in [2.45, 2.75) is 0 Å². The summed E-state index contributed by atoms with van der Waals surface area (Å²) >= 11 is 5.97. The monoisotopic (exact) mass is 230 g/mol. The lowest BCUT2D eigenvalue weighted by Crippen LogP contribution is -1.95. The van der Waals surface area contributed by atoms with E-state index in [0.717, 1.165) is 11.3 Å². The zero-order valence-electron chi connectivity index (χ0n) is 8.21. The van der Waals surface area contributed by atoms with E-state index >= 15 is 0 Å². The summed E-state index contributed by atoms with van der Waals surface area (Å²) in [6, 6.07) is 5.74. The first-order chi connectivity index (χ1) is 7.86. The van der Waals surface area contributed by atoms with Gasteiger partial charge in [-0.3, -0.25) is 4.98 Å². The van der Waals surface area contributed by atoms with Crippen molar-refractivity contribution in [2.24, 2.45) is 0 Å². The number of hydrogen-bond donors (Lipinski definition) is 0.